The van der Waals surface area contributed by atoms with Crippen molar-refractivity contribution in [3.63, 3.8) is 0 Å². The van der Waals surface area contributed by atoms with Gasteiger partial charge in [-0.1, -0.05) is 13.8 Å². The van der Waals surface area contributed by atoms with Gasteiger partial charge < -0.3 is 10.4 Å². The lowest BCUT2D eigenvalue weighted by molar-refractivity contribution is -0.137. The minimum atomic E-state index is -3.40. The largest absolute Gasteiger partial charge is 0.481 e. The lowest BCUT2D eigenvalue weighted by Crippen LogP contribution is -2.29. The molecule has 0 aromatic heterocycles. The second-order valence-corrected chi connectivity index (χ2v) is 6.66. The van der Waals surface area contributed by atoms with Crippen molar-refractivity contribution in [1.29, 1.82) is 0 Å². The van der Waals surface area contributed by atoms with Gasteiger partial charge in [-0.05, 0) is 24.8 Å². The second-order valence-electron chi connectivity index (χ2n) is 4.92. The summed E-state index contributed by atoms with van der Waals surface area (Å²) in [6.07, 6.45) is 1.56. The van der Waals surface area contributed by atoms with E-state index in [0.29, 0.717) is 19.5 Å². The third kappa shape index (κ3) is 11.6. The molecule has 0 aliphatic carbocycles. The molecule has 0 aliphatic heterocycles. The Kier molecular flexibility index (Phi) is 6.66. The molecule has 0 atom stereocenters. The highest BCUT2D eigenvalue weighted by Crippen LogP contribution is 2.25. The highest BCUT2D eigenvalue weighted by molar-refractivity contribution is 7.89. The molecule has 0 aromatic carbocycles. The zero-order valence-corrected chi connectivity index (χ0v) is 11.2. The minimum Gasteiger partial charge on any atom is -0.481 e. The Bertz CT molecular complexity index is 338. The number of primary sulfonamides is 1. The summed E-state index contributed by atoms with van der Waals surface area (Å²) in [7, 11) is -3.40. The molecule has 0 saturated carbocycles. The van der Waals surface area contributed by atoms with Gasteiger partial charge in [-0.2, -0.15) is 0 Å². The molecule has 0 saturated heterocycles. The quantitative estimate of drug-likeness (QED) is 0.514. The van der Waals surface area contributed by atoms with Crippen molar-refractivity contribution in [1.82, 2.24) is 5.32 Å². The summed E-state index contributed by atoms with van der Waals surface area (Å²) in [5.41, 5.74) is -0.0625. The number of aliphatic carboxylic acids is 1. The van der Waals surface area contributed by atoms with Gasteiger partial charge in [0.15, 0.2) is 0 Å². The van der Waals surface area contributed by atoms with Gasteiger partial charge in [0.25, 0.3) is 0 Å². The molecular weight excluding hydrogens is 244 g/mol. The Labute approximate surface area is 103 Å². The van der Waals surface area contributed by atoms with Crippen LogP contribution in [-0.4, -0.2) is 38.3 Å². The summed E-state index contributed by atoms with van der Waals surface area (Å²) < 4.78 is 21.3. The molecule has 0 rings (SSSR count). The van der Waals surface area contributed by atoms with Crippen molar-refractivity contribution < 1.29 is 18.3 Å². The number of carbonyl (C=O) groups is 1. The molecule has 6 nitrogen and oxygen atoms in total. The van der Waals surface area contributed by atoms with Gasteiger partial charge in [-0.25, -0.2) is 13.6 Å². The van der Waals surface area contributed by atoms with Gasteiger partial charge in [0.2, 0.25) is 10.0 Å². The highest BCUT2D eigenvalue weighted by Gasteiger charge is 2.18. The standard InChI is InChI=1S/C10H22N2O4S/c1-10(2,4-3-9(13)14)5-6-12-7-8-17(11,15)16/h12H,3-8H2,1-2H3,(H,13,14)(H2,11,15,16). The van der Waals surface area contributed by atoms with E-state index in [9.17, 15) is 13.2 Å². The third-order valence-corrected chi connectivity index (χ3v) is 3.33. The Morgan fingerprint density at radius 3 is 2.35 bits per heavy atom. The van der Waals surface area contributed by atoms with Crippen LogP contribution in [0.3, 0.4) is 0 Å². The van der Waals surface area contributed by atoms with E-state index in [1.54, 1.807) is 0 Å². The smallest absolute Gasteiger partial charge is 0.303 e. The van der Waals surface area contributed by atoms with Crippen LogP contribution >= 0.6 is 0 Å². The maximum atomic E-state index is 10.6. The zero-order valence-electron chi connectivity index (χ0n) is 10.4. The molecule has 0 fully saturated rings. The Balaban J connectivity index is 3.69. The molecule has 0 amide bonds. The molecule has 0 bridgehead atoms. The van der Waals surface area contributed by atoms with Crippen LogP contribution in [0, 0.1) is 5.41 Å². The van der Waals surface area contributed by atoms with Crippen LogP contribution in [0.1, 0.15) is 33.1 Å². The van der Waals surface area contributed by atoms with E-state index < -0.39 is 16.0 Å². The van der Waals surface area contributed by atoms with Gasteiger partial charge >= 0.3 is 5.97 Å². The van der Waals surface area contributed by atoms with E-state index >= 15 is 0 Å². The first-order chi connectivity index (χ1) is 7.62. The van der Waals surface area contributed by atoms with Gasteiger partial charge in [0, 0.05) is 13.0 Å². The van der Waals surface area contributed by atoms with Crippen molar-refractivity contribution >= 4 is 16.0 Å². The van der Waals surface area contributed by atoms with Gasteiger partial charge in [-0.15, -0.1) is 0 Å². The summed E-state index contributed by atoms with van der Waals surface area (Å²) in [6, 6.07) is 0. The van der Waals surface area contributed by atoms with E-state index in [0.717, 1.165) is 6.42 Å². The predicted molar refractivity (Wildman–Crippen MR) is 66.1 cm³/mol. The average Bonchev–Trinajstić information content (AvgIpc) is 2.12. The van der Waals surface area contributed by atoms with Crippen LogP contribution in [0.15, 0.2) is 0 Å². The van der Waals surface area contributed by atoms with Crippen LogP contribution in [0.5, 0.6) is 0 Å². The number of sulfonamides is 1. The van der Waals surface area contributed by atoms with Crippen LogP contribution in [0.4, 0.5) is 0 Å². The van der Waals surface area contributed by atoms with Crippen LogP contribution in [0.2, 0.25) is 0 Å². The predicted octanol–water partition coefficient (Wildman–Crippen LogP) is 0.146. The number of nitrogens with two attached hydrogens (primary N) is 1. The Hall–Kier alpha value is -0.660. The molecule has 7 heteroatoms. The monoisotopic (exact) mass is 266 g/mol. The average molecular weight is 266 g/mol. The second kappa shape index (κ2) is 6.93. The molecule has 0 spiro atoms. The van der Waals surface area contributed by atoms with E-state index in [-0.39, 0.29) is 17.6 Å². The lowest BCUT2D eigenvalue weighted by Gasteiger charge is -2.23. The Morgan fingerprint density at radius 2 is 1.88 bits per heavy atom. The van der Waals surface area contributed by atoms with Crippen molar-refractivity contribution in [3.05, 3.63) is 0 Å². The summed E-state index contributed by atoms with van der Waals surface area (Å²) in [5.74, 6) is -0.872. The van der Waals surface area contributed by atoms with Crippen LogP contribution in [0.25, 0.3) is 0 Å². The summed E-state index contributed by atoms with van der Waals surface area (Å²) in [5, 5.41) is 16.4. The molecule has 0 unspecified atom stereocenters. The first kappa shape index (κ1) is 16.3. The van der Waals surface area contributed by atoms with E-state index in [1.165, 1.54) is 0 Å². The number of rotatable bonds is 9. The molecular formula is C10H22N2O4S. The van der Waals surface area contributed by atoms with Crippen molar-refractivity contribution in [2.75, 3.05) is 18.8 Å². The van der Waals surface area contributed by atoms with E-state index in [1.807, 2.05) is 13.8 Å². The number of nitrogens with one attached hydrogen (secondary N) is 1. The molecule has 0 aliphatic rings. The molecule has 4 N–H and O–H groups in total. The topological polar surface area (TPSA) is 109 Å². The van der Waals surface area contributed by atoms with Gasteiger partial charge in [-0.3, -0.25) is 4.79 Å². The van der Waals surface area contributed by atoms with Gasteiger partial charge in [0.05, 0.1) is 5.75 Å². The molecule has 0 heterocycles. The molecule has 0 aromatic rings. The highest BCUT2D eigenvalue weighted by atomic mass is 32.2. The van der Waals surface area contributed by atoms with Gasteiger partial charge in [0.1, 0.15) is 0 Å². The van der Waals surface area contributed by atoms with Crippen molar-refractivity contribution in [2.45, 2.75) is 33.1 Å². The fourth-order valence-corrected chi connectivity index (χ4v) is 1.77. The number of hydrogen-bond donors (Lipinski definition) is 3. The SMILES string of the molecule is CC(C)(CCNCCS(N)(=O)=O)CCC(=O)O. The lowest BCUT2D eigenvalue weighted by atomic mass is 9.84. The zero-order chi connectivity index (χ0) is 13.5. The fourth-order valence-electron chi connectivity index (χ4n) is 1.34. The summed E-state index contributed by atoms with van der Waals surface area (Å²) in [4.78, 5) is 10.4. The van der Waals surface area contributed by atoms with Crippen LogP contribution in [-0.2, 0) is 14.8 Å². The normalized spacial score (nSPS) is 12.6. The fraction of sp³-hybridized carbons (Fsp3) is 0.900. The number of carboxylic acid groups (broad SMARTS) is 1. The van der Waals surface area contributed by atoms with E-state index in [4.69, 9.17) is 10.2 Å². The first-order valence-corrected chi connectivity index (χ1v) is 7.27. The number of carboxylic acids is 1. The minimum absolute atomic E-state index is 0.0625. The van der Waals surface area contributed by atoms with Crippen molar-refractivity contribution in [3.8, 4) is 0 Å². The molecule has 102 valence electrons. The third-order valence-electron chi connectivity index (χ3n) is 2.56. The number of hydrogen-bond acceptors (Lipinski definition) is 4. The maximum absolute atomic E-state index is 10.6. The first-order valence-electron chi connectivity index (χ1n) is 5.55. The molecule has 0 radical (unpaired) electrons. The summed E-state index contributed by atoms with van der Waals surface area (Å²) in [6.45, 7) is 4.98. The summed E-state index contributed by atoms with van der Waals surface area (Å²) >= 11 is 0. The maximum Gasteiger partial charge on any atom is 0.303 e. The molecule has 17 heavy (non-hydrogen) atoms. The van der Waals surface area contributed by atoms with Crippen molar-refractivity contribution in [2.24, 2.45) is 10.6 Å². The van der Waals surface area contributed by atoms with Crippen LogP contribution < -0.4 is 10.5 Å². The Morgan fingerprint density at radius 1 is 1.29 bits per heavy atom. The van der Waals surface area contributed by atoms with E-state index in [2.05, 4.69) is 5.32 Å².